The monoisotopic (exact) mass is 273 g/mol. The van der Waals surface area contributed by atoms with Gasteiger partial charge in [-0.3, -0.25) is 4.99 Å². The summed E-state index contributed by atoms with van der Waals surface area (Å²) in [6.07, 6.45) is 5.53. The van der Waals surface area contributed by atoms with Crippen LogP contribution >= 0.6 is 11.8 Å². The smallest absolute Gasteiger partial charge is 0.0504 e. The molecule has 2 nitrogen and oxygen atoms in total. The van der Waals surface area contributed by atoms with Crippen LogP contribution in [-0.2, 0) is 0 Å². The lowest BCUT2D eigenvalue weighted by molar-refractivity contribution is 0.287. The largest absolute Gasteiger partial charge is 0.396 e. The van der Waals surface area contributed by atoms with Crippen molar-refractivity contribution in [2.24, 2.45) is 10.9 Å². The summed E-state index contributed by atoms with van der Waals surface area (Å²) in [5.74, 6) is 3.08. The van der Waals surface area contributed by atoms with Crippen LogP contribution in [0.2, 0.25) is 0 Å². The fraction of sp³-hybridized carbons (Fsp3) is 0.933. The van der Waals surface area contributed by atoms with Gasteiger partial charge in [-0.05, 0) is 56.5 Å². The van der Waals surface area contributed by atoms with Gasteiger partial charge in [0.25, 0.3) is 0 Å². The molecule has 0 amide bonds. The minimum atomic E-state index is 0.330. The van der Waals surface area contributed by atoms with Gasteiger partial charge in [0.05, 0.1) is 6.04 Å². The maximum Gasteiger partial charge on any atom is 0.0504 e. The molecule has 1 N–H and O–H groups in total. The number of rotatable bonds is 11. The molecular weight excluding hydrogens is 242 g/mol. The minimum Gasteiger partial charge on any atom is -0.396 e. The van der Waals surface area contributed by atoms with Crippen molar-refractivity contribution in [2.75, 3.05) is 18.1 Å². The second kappa shape index (κ2) is 12.0. The van der Waals surface area contributed by atoms with E-state index >= 15 is 0 Å². The molecule has 0 rings (SSSR count). The zero-order chi connectivity index (χ0) is 13.8. The van der Waals surface area contributed by atoms with Crippen LogP contribution in [-0.4, -0.2) is 35.0 Å². The van der Waals surface area contributed by atoms with E-state index in [0.29, 0.717) is 18.6 Å². The quantitative estimate of drug-likeness (QED) is 0.453. The van der Waals surface area contributed by atoms with Gasteiger partial charge in [0.2, 0.25) is 0 Å². The third kappa shape index (κ3) is 11.1. The fourth-order valence-electron chi connectivity index (χ4n) is 1.95. The first kappa shape index (κ1) is 18.0. The van der Waals surface area contributed by atoms with Crippen LogP contribution in [0.1, 0.15) is 59.8 Å². The van der Waals surface area contributed by atoms with Gasteiger partial charge >= 0.3 is 0 Å². The highest BCUT2D eigenvalue weighted by Crippen LogP contribution is 2.13. The van der Waals surface area contributed by atoms with Crippen LogP contribution in [0.5, 0.6) is 0 Å². The highest BCUT2D eigenvalue weighted by molar-refractivity contribution is 7.99. The van der Waals surface area contributed by atoms with Crippen molar-refractivity contribution < 1.29 is 5.11 Å². The Bertz CT molecular complexity index is 217. The van der Waals surface area contributed by atoms with Crippen molar-refractivity contribution in [2.45, 2.75) is 65.8 Å². The van der Waals surface area contributed by atoms with E-state index in [-0.39, 0.29) is 0 Å². The predicted molar refractivity (Wildman–Crippen MR) is 84.9 cm³/mol. The number of thioether (sulfide) groups is 1. The Kier molecular flexibility index (Phi) is 12.0. The van der Waals surface area contributed by atoms with Gasteiger partial charge < -0.3 is 5.11 Å². The maximum atomic E-state index is 8.69. The molecule has 0 bridgehead atoms. The van der Waals surface area contributed by atoms with E-state index in [1.165, 1.54) is 23.6 Å². The van der Waals surface area contributed by atoms with Gasteiger partial charge in [0.15, 0.2) is 0 Å². The van der Waals surface area contributed by atoms with Crippen LogP contribution in [0.3, 0.4) is 0 Å². The van der Waals surface area contributed by atoms with E-state index < -0.39 is 0 Å². The van der Waals surface area contributed by atoms with E-state index in [9.17, 15) is 0 Å². The standard InChI is InChI=1S/C15H31NOS/c1-5-15(16-14(4)12-13(2)3)8-11-18-10-7-6-9-17/h13,15,17H,5-12H2,1-4H3. The van der Waals surface area contributed by atoms with Crippen molar-refractivity contribution in [3.05, 3.63) is 0 Å². The van der Waals surface area contributed by atoms with Crippen LogP contribution in [0.4, 0.5) is 0 Å². The Balaban J connectivity index is 3.76. The molecule has 0 aliphatic rings. The lowest BCUT2D eigenvalue weighted by atomic mass is 10.1. The van der Waals surface area contributed by atoms with Crippen LogP contribution < -0.4 is 0 Å². The van der Waals surface area contributed by atoms with Gasteiger partial charge in [0.1, 0.15) is 0 Å². The number of aliphatic imine (C=N–C) groups is 1. The molecule has 0 aromatic heterocycles. The molecule has 0 saturated heterocycles. The second-order valence-corrected chi connectivity index (χ2v) is 6.58. The molecule has 0 aliphatic carbocycles. The Morgan fingerprint density at radius 2 is 1.94 bits per heavy atom. The average Bonchev–Trinajstić information content (AvgIpc) is 2.31. The lowest BCUT2D eigenvalue weighted by Crippen LogP contribution is -2.09. The van der Waals surface area contributed by atoms with E-state index in [2.05, 4.69) is 27.7 Å². The zero-order valence-electron chi connectivity index (χ0n) is 12.6. The van der Waals surface area contributed by atoms with Gasteiger partial charge in [-0.15, -0.1) is 0 Å². The molecule has 0 aromatic carbocycles. The summed E-state index contributed by atoms with van der Waals surface area (Å²) < 4.78 is 0. The SMILES string of the molecule is CCC(CCSCCCCO)N=C(C)CC(C)C. The molecule has 0 aliphatic heterocycles. The summed E-state index contributed by atoms with van der Waals surface area (Å²) in [5, 5.41) is 8.69. The third-order valence-corrected chi connectivity index (χ3v) is 3.97. The molecular formula is C15H31NOS. The highest BCUT2D eigenvalue weighted by Gasteiger charge is 2.05. The van der Waals surface area contributed by atoms with Crippen molar-refractivity contribution in [3.63, 3.8) is 0 Å². The van der Waals surface area contributed by atoms with Gasteiger partial charge in [-0.2, -0.15) is 11.8 Å². The van der Waals surface area contributed by atoms with Crippen molar-refractivity contribution in [1.29, 1.82) is 0 Å². The molecule has 0 spiro atoms. The van der Waals surface area contributed by atoms with Crippen LogP contribution in [0.25, 0.3) is 0 Å². The summed E-state index contributed by atoms with van der Waals surface area (Å²) in [4.78, 5) is 4.83. The Labute approximate surface area is 118 Å². The molecule has 0 aromatic rings. The normalized spacial score (nSPS) is 14.2. The molecule has 3 heteroatoms. The second-order valence-electron chi connectivity index (χ2n) is 5.36. The van der Waals surface area contributed by atoms with Gasteiger partial charge in [-0.1, -0.05) is 20.8 Å². The van der Waals surface area contributed by atoms with E-state index in [0.717, 1.165) is 25.7 Å². The predicted octanol–water partition coefficient (Wildman–Crippen LogP) is 4.17. The molecule has 0 saturated carbocycles. The van der Waals surface area contributed by atoms with E-state index in [1.54, 1.807) is 0 Å². The third-order valence-electron chi connectivity index (χ3n) is 2.87. The summed E-state index contributed by atoms with van der Waals surface area (Å²) in [6, 6.07) is 0.508. The fourth-order valence-corrected chi connectivity index (χ4v) is 3.00. The molecule has 18 heavy (non-hydrogen) atoms. The minimum absolute atomic E-state index is 0.330. The summed E-state index contributed by atoms with van der Waals surface area (Å²) in [6.45, 7) is 9.22. The molecule has 0 fully saturated rings. The maximum absolute atomic E-state index is 8.69. The molecule has 0 radical (unpaired) electrons. The van der Waals surface area contributed by atoms with Crippen LogP contribution in [0, 0.1) is 5.92 Å². The molecule has 108 valence electrons. The first-order chi connectivity index (χ1) is 8.60. The Hall–Kier alpha value is -0.0200. The van der Waals surface area contributed by atoms with E-state index in [1.807, 2.05) is 11.8 Å². The summed E-state index contributed by atoms with van der Waals surface area (Å²) >= 11 is 2.00. The number of hydrogen-bond acceptors (Lipinski definition) is 3. The highest BCUT2D eigenvalue weighted by atomic mass is 32.2. The van der Waals surface area contributed by atoms with Gasteiger partial charge in [-0.25, -0.2) is 0 Å². The number of nitrogens with zero attached hydrogens (tertiary/aromatic N) is 1. The Morgan fingerprint density at radius 1 is 1.22 bits per heavy atom. The first-order valence-electron chi connectivity index (χ1n) is 7.32. The topological polar surface area (TPSA) is 32.6 Å². The lowest BCUT2D eigenvalue weighted by Gasteiger charge is -2.12. The first-order valence-corrected chi connectivity index (χ1v) is 8.47. The number of aliphatic hydroxyl groups excluding tert-OH is 1. The Morgan fingerprint density at radius 3 is 2.50 bits per heavy atom. The van der Waals surface area contributed by atoms with Gasteiger partial charge in [0, 0.05) is 12.3 Å². The molecule has 0 heterocycles. The van der Waals surface area contributed by atoms with E-state index in [4.69, 9.17) is 10.1 Å². The van der Waals surface area contributed by atoms with Crippen molar-refractivity contribution in [3.8, 4) is 0 Å². The summed E-state index contributed by atoms with van der Waals surface area (Å²) in [7, 11) is 0. The van der Waals surface area contributed by atoms with Crippen molar-refractivity contribution >= 4 is 17.5 Å². The number of hydrogen-bond donors (Lipinski definition) is 1. The van der Waals surface area contributed by atoms with Crippen molar-refractivity contribution in [1.82, 2.24) is 0 Å². The number of aliphatic hydroxyl groups is 1. The summed E-state index contributed by atoms with van der Waals surface area (Å²) in [5.41, 5.74) is 1.31. The average molecular weight is 273 g/mol. The zero-order valence-corrected chi connectivity index (χ0v) is 13.4. The molecule has 1 atom stereocenters. The number of unbranched alkanes of at least 4 members (excludes halogenated alkanes) is 1. The van der Waals surface area contributed by atoms with Crippen LogP contribution in [0.15, 0.2) is 4.99 Å². The molecule has 1 unspecified atom stereocenters.